The summed E-state index contributed by atoms with van der Waals surface area (Å²) in [6, 6.07) is 21.9. The standard InChI is InChI=1S/C26H19N7O4/c34-22(35)15-5-9-18(10-6-15)28-24-31-25(29-19-11-7-16(8-12-19)23(36)37)33-26(32-24)30-20-13-17-3-1-2-4-21(17)27-14-20/h1-14H,(H,34,35)(H,36,37)(H3,28,29,30,31,32,33). The Balaban J connectivity index is 1.45. The van der Waals surface area contributed by atoms with Crippen molar-refractivity contribution in [2.24, 2.45) is 0 Å². The molecular weight excluding hydrogens is 474 g/mol. The molecule has 0 aliphatic carbocycles. The summed E-state index contributed by atoms with van der Waals surface area (Å²) in [6.07, 6.45) is 1.67. The van der Waals surface area contributed by atoms with Gasteiger partial charge in [-0.1, -0.05) is 18.2 Å². The van der Waals surface area contributed by atoms with Gasteiger partial charge < -0.3 is 26.2 Å². The molecule has 3 aromatic carbocycles. The van der Waals surface area contributed by atoms with Crippen LogP contribution in [-0.2, 0) is 0 Å². The fourth-order valence-corrected chi connectivity index (χ4v) is 3.46. The van der Waals surface area contributed by atoms with Gasteiger partial charge in [0.25, 0.3) is 0 Å². The van der Waals surface area contributed by atoms with Gasteiger partial charge in [-0.15, -0.1) is 0 Å². The Morgan fingerprint density at radius 2 is 1.05 bits per heavy atom. The van der Waals surface area contributed by atoms with Crippen LogP contribution in [0, 0.1) is 0 Å². The van der Waals surface area contributed by atoms with Crippen LogP contribution < -0.4 is 16.0 Å². The Labute approximate surface area is 209 Å². The lowest BCUT2D eigenvalue weighted by molar-refractivity contribution is 0.0686. The summed E-state index contributed by atoms with van der Waals surface area (Å²) in [6.45, 7) is 0. The highest BCUT2D eigenvalue weighted by molar-refractivity contribution is 5.88. The summed E-state index contributed by atoms with van der Waals surface area (Å²) < 4.78 is 0. The van der Waals surface area contributed by atoms with Crippen molar-refractivity contribution in [1.82, 2.24) is 19.9 Å². The highest BCUT2D eigenvalue weighted by Crippen LogP contribution is 2.23. The zero-order valence-corrected chi connectivity index (χ0v) is 19.1. The minimum Gasteiger partial charge on any atom is -0.478 e. The van der Waals surface area contributed by atoms with Crippen LogP contribution in [0.2, 0.25) is 0 Å². The fraction of sp³-hybridized carbons (Fsp3) is 0. The van der Waals surface area contributed by atoms with Gasteiger partial charge in [0.15, 0.2) is 0 Å². The van der Waals surface area contributed by atoms with Crippen molar-refractivity contribution in [1.29, 1.82) is 0 Å². The quantitative estimate of drug-likeness (QED) is 0.197. The molecule has 0 aliphatic rings. The van der Waals surface area contributed by atoms with Crippen molar-refractivity contribution in [3.63, 3.8) is 0 Å². The van der Waals surface area contributed by atoms with Crippen LogP contribution in [0.4, 0.5) is 34.9 Å². The van der Waals surface area contributed by atoms with Crippen molar-refractivity contribution in [3.05, 3.63) is 96.2 Å². The van der Waals surface area contributed by atoms with E-state index in [-0.39, 0.29) is 29.0 Å². The van der Waals surface area contributed by atoms with E-state index in [0.29, 0.717) is 17.1 Å². The van der Waals surface area contributed by atoms with E-state index in [9.17, 15) is 9.59 Å². The predicted octanol–water partition coefficient (Wildman–Crippen LogP) is 5.05. The van der Waals surface area contributed by atoms with Crippen LogP contribution in [0.3, 0.4) is 0 Å². The summed E-state index contributed by atoms with van der Waals surface area (Å²) in [5, 5.41) is 28.4. The number of pyridine rings is 1. The third-order valence-electron chi connectivity index (χ3n) is 5.26. The van der Waals surface area contributed by atoms with Crippen molar-refractivity contribution < 1.29 is 19.8 Å². The highest BCUT2D eigenvalue weighted by Gasteiger charge is 2.11. The first-order chi connectivity index (χ1) is 17.9. The van der Waals surface area contributed by atoms with Crippen LogP contribution in [-0.4, -0.2) is 42.1 Å². The molecule has 2 aromatic heterocycles. The molecule has 0 fully saturated rings. The molecule has 0 amide bonds. The number of hydrogen-bond donors (Lipinski definition) is 5. The predicted molar refractivity (Wildman–Crippen MR) is 138 cm³/mol. The number of nitrogens with one attached hydrogen (secondary N) is 3. The molecule has 5 N–H and O–H groups in total. The molecule has 0 spiro atoms. The average Bonchev–Trinajstić information content (AvgIpc) is 2.89. The van der Waals surface area contributed by atoms with Gasteiger partial charge in [0.1, 0.15) is 0 Å². The van der Waals surface area contributed by atoms with E-state index < -0.39 is 11.9 Å². The van der Waals surface area contributed by atoms with Crippen LogP contribution in [0.1, 0.15) is 20.7 Å². The molecule has 0 saturated heterocycles. The van der Waals surface area contributed by atoms with Crippen molar-refractivity contribution in [3.8, 4) is 0 Å². The Bertz CT molecular complexity index is 1530. The molecule has 0 bridgehead atoms. The molecule has 182 valence electrons. The number of anilines is 6. The van der Waals surface area contributed by atoms with Crippen LogP contribution in [0.15, 0.2) is 85.1 Å². The van der Waals surface area contributed by atoms with Crippen LogP contribution in [0.25, 0.3) is 10.9 Å². The summed E-state index contributed by atoms with van der Waals surface area (Å²) in [5.74, 6) is -1.44. The Hall–Kier alpha value is -5.58. The van der Waals surface area contributed by atoms with E-state index in [1.807, 2.05) is 30.3 Å². The van der Waals surface area contributed by atoms with E-state index in [4.69, 9.17) is 10.2 Å². The molecule has 5 rings (SSSR count). The van der Waals surface area contributed by atoms with Gasteiger partial charge in [0, 0.05) is 16.8 Å². The maximum atomic E-state index is 11.1. The average molecular weight is 493 g/mol. The van der Waals surface area contributed by atoms with E-state index in [0.717, 1.165) is 10.9 Å². The highest BCUT2D eigenvalue weighted by atomic mass is 16.4. The SMILES string of the molecule is O=C(O)c1ccc(Nc2nc(Nc3ccc(C(=O)O)cc3)nc(Nc3cnc4ccccc4c3)n2)cc1. The largest absolute Gasteiger partial charge is 0.478 e. The lowest BCUT2D eigenvalue weighted by Gasteiger charge is -2.12. The number of fused-ring (bicyclic) bond motifs is 1. The zero-order valence-electron chi connectivity index (χ0n) is 19.1. The summed E-state index contributed by atoms with van der Waals surface area (Å²) in [7, 11) is 0. The number of aromatic nitrogens is 4. The maximum Gasteiger partial charge on any atom is 0.335 e. The molecule has 5 aromatic rings. The normalized spacial score (nSPS) is 10.6. The smallest absolute Gasteiger partial charge is 0.335 e. The second-order valence-corrected chi connectivity index (χ2v) is 7.86. The first-order valence-corrected chi connectivity index (χ1v) is 11.0. The lowest BCUT2D eigenvalue weighted by atomic mass is 10.2. The molecule has 11 heteroatoms. The number of hydrogen-bond acceptors (Lipinski definition) is 9. The fourth-order valence-electron chi connectivity index (χ4n) is 3.46. The van der Waals surface area contributed by atoms with E-state index in [1.54, 1.807) is 30.5 Å². The number of benzene rings is 3. The first-order valence-electron chi connectivity index (χ1n) is 11.0. The van der Waals surface area contributed by atoms with E-state index >= 15 is 0 Å². The Morgan fingerprint density at radius 1 is 0.595 bits per heavy atom. The zero-order chi connectivity index (χ0) is 25.8. The molecule has 0 radical (unpaired) electrons. The monoisotopic (exact) mass is 493 g/mol. The van der Waals surface area contributed by atoms with Gasteiger partial charge in [-0.25, -0.2) is 9.59 Å². The Morgan fingerprint density at radius 3 is 1.54 bits per heavy atom. The number of nitrogens with zero attached hydrogens (tertiary/aromatic N) is 4. The second-order valence-electron chi connectivity index (χ2n) is 7.86. The van der Waals surface area contributed by atoms with Gasteiger partial charge in [-0.3, -0.25) is 4.98 Å². The molecule has 0 aliphatic heterocycles. The minimum absolute atomic E-state index is 0.152. The van der Waals surface area contributed by atoms with Crippen molar-refractivity contribution in [2.45, 2.75) is 0 Å². The molecule has 37 heavy (non-hydrogen) atoms. The molecule has 0 saturated carbocycles. The molecule has 0 atom stereocenters. The lowest BCUT2D eigenvalue weighted by Crippen LogP contribution is -2.08. The second kappa shape index (κ2) is 9.96. The topological polar surface area (TPSA) is 162 Å². The number of rotatable bonds is 8. The van der Waals surface area contributed by atoms with Crippen LogP contribution in [0.5, 0.6) is 0 Å². The Kier molecular flexibility index (Phi) is 6.24. The van der Waals surface area contributed by atoms with Gasteiger partial charge in [0.05, 0.1) is 28.5 Å². The van der Waals surface area contributed by atoms with Crippen molar-refractivity contribution >= 4 is 57.7 Å². The third kappa shape index (κ3) is 5.57. The number of aromatic carboxylic acids is 2. The summed E-state index contributed by atoms with van der Waals surface area (Å²) in [5.41, 5.74) is 2.97. The van der Waals surface area contributed by atoms with Crippen molar-refractivity contribution in [2.75, 3.05) is 16.0 Å². The number of para-hydroxylation sites is 1. The van der Waals surface area contributed by atoms with Gasteiger partial charge in [-0.05, 0) is 60.7 Å². The van der Waals surface area contributed by atoms with E-state index in [2.05, 4.69) is 35.9 Å². The molecule has 2 heterocycles. The maximum absolute atomic E-state index is 11.1. The van der Waals surface area contributed by atoms with Gasteiger partial charge in [0.2, 0.25) is 17.8 Å². The van der Waals surface area contributed by atoms with Gasteiger partial charge >= 0.3 is 11.9 Å². The number of carboxylic acid groups (broad SMARTS) is 2. The molecule has 0 unspecified atom stereocenters. The summed E-state index contributed by atoms with van der Waals surface area (Å²) >= 11 is 0. The molecule has 11 nitrogen and oxygen atoms in total. The number of carbonyl (C=O) groups is 2. The minimum atomic E-state index is -1.03. The molecular formula is C26H19N7O4. The number of carboxylic acids is 2. The summed E-state index contributed by atoms with van der Waals surface area (Å²) in [4.78, 5) is 40.0. The van der Waals surface area contributed by atoms with Crippen LogP contribution >= 0.6 is 0 Å². The van der Waals surface area contributed by atoms with E-state index in [1.165, 1.54) is 24.3 Å². The first kappa shape index (κ1) is 23.2. The third-order valence-corrected chi connectivity index (χ3v) is 5.26. The van der Waals surface area contributed by atoms with Gasteiger partial charge in [-0.2, -0.15) is 15.0 Å².